The molecule has 232 valence electrons. The molecule has 0 bridgehead atoms. The molecule has 0 radical (unpaired) electrons. The van der Waals surface area contributed by atoms with Gasteiger partial charge in [0.2, 0.25) is 11.8 Å². The van der Waals surface area contributed by atoms with E-state index in [0.29, 0.717) is 25.0 Å². The highest BCUT2D eigenvalue weighted by Crippen LogP contribution is 2.40. The summed E-state index contributed by atoms with van der Waals surface area (Å²) < 4.78 is 12.1. The predicted molar refractivity (Wildman–Crippen MR) is 171 cm³/mol. The molecule has 2 aromatic heterocycles. The number of hydrogen-bond donors (Lipinski definition) is 1. The Bertz CT molecular complexity index is 1440. The van der Waals surface area contributed by atoms with Crippen LogP contribution in [0.15, 0.2) is 40.4 Å². The molecule has 1 saturated heterocycles. The van der Waals surface area contributed by atoms with E-state index in [-0.39, 0.29) is 40.6 Å². The quantitative estimate of drug-likeness (QED) is 0.202. The van der Waals surface area contributed by atoms with Crippen molar-refractivity contribution in [3.8, 4) is 10.4 Å². The molecule has 1 fully saturated rings. The number of likely N-dealkylation sites (tertiary alicyclic amines) is 1. The van der Waals surface area contributed by atoms with Crippen LogP contribution >= 0.6 is 11.3 Å². The summed E-state index contributed by atoms with van der Waals surface area (Å²) in [5.74, 6) is -0.980. The summed E-state index contributed by atoms with van der Waals surface area (Å²) in [5.41, 5.74) is 5.02. The Morgan fingerprint density at radius 2 is 1.86 bits per heavy atom. The highest BCUT2D eigenvalue weighted by atomic mass is 32.1. The van der Waals surface area contributed by atoms with Gasteiger partial charge in [-0.3, -0.25) is 14.4 Å². The van der Waals surface area contributed by atoms with Crippen molar-refractivity contribution >= 4 is 37.8 Å². The first-order valence-corrected chi connectivity index (χ1v) is 18.6. The standard InChI is InChI=1S/C32H44N4O5SSi/c1-19(2)28(27-14-24(17-37)35-40-27)31(39)36-16-25(41-43(8,9)32(5,6)7)15-26(36)30(38)34-20(3)22-10-12-23(13-11-22)29-21(4)33-18-42-29/h10-14,17-20,25-26,28H,15-16H2,1-9H3,(H,34,38)/t20-,25?,26-,28?/m0/s1. The molecule has 43 heavy (non-hydrogen) atoms. The van der Waals surface area contributed by atoms with Crippen molar-refractivity contribution in [2.75, 3.05) is 6.54 Å². The zero-order chi connectivity index (χ0) is 31.7. The Morgan fingerprint density at radius 3 is 2.40 bits per heavy atom. The van der Waals surface area contributed by atoms with E-state index in [0.717, 1.165) is 21.7 Å². The van der Waals surface area contributed by atoms with Crippen LogP contribution in [0.2, 0.25) is 18.1 Å². The molecular formula is C32H44N4O5SSi. The van der Waals surface area contributed by atoms with Gasteiger partial charge in [0.05, 0.1) is 28.2 Å². The van der Waals surface area contributed by atoms with E-state index in [9.17, 15) is 14.4 Å². The number of nitrogens with one attached hydrogen (secondary N) is 1. The van der Waals surface area contributed by atoms with Crippen molar-refractivity contribution in [3.63, 3.8) is 0 Å². The van der Waals surface area contributed by atoms with Gasteiger partial charge in [-0.25, -0.2) is 4.98 Å². The Labute approximate surface area is 259 Å². The van der Waals surface area contributed by atoms with Gasteiger partial charge in [0.15, 0.2) is 14.6 Å². The Morgan fingerprint density at radius 1 is 1.19 bits per heavy atom. The number of aldehydes is 1. The number of nitrogens with zero attached hydrogens (tertiary/aromatic N) is 3. The summed E-state index contributed by atoms with van der Waals surface area (Å²) in [5, 5.41) is 6.91. The lowest BCUT2D eigenvalue weighted by molar-refractivity contribution is -0.141. The number of thiazole rings is 1. The Kier molecular flexibility index (Phi) is 9.78. The Hall–Kier alpha value is -3.15. The van der Waals surface area contributed by atoms with Gasteiger partial charge in [0, 0.05) is 19.0 Å². The summed E-state index contributed by atoms with van der Waals surface area (Å²) in [6, 6.07) is 8.65. The van der Waals surface area contributed by atoms with Gasteiger partial charge in [-0.05, 0) is 49.0 Å². The van der Waals surface area contributed by atoms with E-state index < -0.39 is 20.3 Å². The lowest BCUT2D eigenvalue weighted by Crippen LogP contribution is -2.48. The largest absolute Gasteiger partial charge is 0.412 e. The van der Waals surface area contributed by atoms with Gasteiger partial charge < -0.3 is 19.2 Å². The minimum atomic E-state index is -2.17. The maximum absolute atomic E-state index is 14.2. The number of carbonyl (C=O) groups excluding carboxylic acids is 3. The van der Waals surface area contributed by atoms with Gasteiger partial charge in [0.25, 0.3) is 0 Å². The summed E-state index contributed by atoms with van der Waals surface area (Å²) in [6.45, 7) is 19.0. The van der Waals surface area contributed by atoms with Crippen LogP contribution in [-0.2, 0) is 14.0 Å². The van der Waals surface area contributed by atoms with Crippen molar-refractivity contribution < 1.29 is 23.3 Å². The number of aromatic nitrogens is 2. The minimum absolute atomic E-state index is 0.0217. The van der Waals surface area contributed by atoms with Crippen LogP contribution in [0.5, 0.6) is 0 Å². The van der Waals surface area contributed by atoms with Crippen molar-refractivity contribution in [2.24, 2.45) is 5.92 Å². The summed E-state index contributed by atoms with van der Waals surface area (Å²) in [7, 11) is -2.17. The monoisotopic (exact) mass is 624 g/mol. The van der Waals surface area contributed by atoms with Gasteiger partial charge >= 0.3 is 0 Å². The van der Waals surface area contributed by atoms with E-state index >= 15 is 0 Å². The summed E-state index contributed by atoms with van der Waals surface area (Å²) in [4.78, 5) is 46.4. The van der Waals surface area contributed by atoms with Crippen LogP contribution in [0, 0.1) is 12.8 Å². The van der Waals surface area contributed by atoms with Crippen molar-refractivity contribution in [1.82, 2.24) is 20.4 Å². The fourth-order valence-corrected chi connectivity index (χ4v) is 7.45. The van der Waals surface area contributed by atoms with Crippen LogP contribution in [0.3, 0.4) is 0 Å². The van der Waals surface area contributed by atoms with E-state index in [1.54, 1.807) is 16.2 Å². The van der Waals surface area contributed by atoms with Crippen LogP contribution in [0.1, 0.15) is 87.4 Å². The molecule has 3 aromatic rings. The van der Waals surface area contributed by atoms with Gasteiger partial charge in [-0.2, -0.15) is 0 Å². The third kappa shape index (κ3) is 7.16. The lowest BCUT2D eigenvalue weighted by atomic mass is 9.91. The highest BCUT2D eigenvalue weighted by Gasteiger charge is 2.47. The molecule has 11 heteroatoms. The molecule has 0 saturated carbocycles. The van der Waals surface area contributed by atoms with Crippen LogP contribution in [0.25, 0.3) is 10.4 Å². The normalized spacial score (nSPS) is 19.0. The zero-order valence-corrected chi connectivity index (χ0v) is 28.5. The maximum Gasteiger partial charge on any atom is 0.243 e. The van der Waals surface area contributed by atoms with E-state index in [4.69, 9.17) is 8.95 Å². The van der Waals surface area contributed by atoms with Gasteiger partial charge in [0.1, 0.15) is 23.4 Å². The molecule has 1 aromatic carbocycles. The first-order chi connectivity index (χ1) is 20.1. The summed E-state index contributed by atoms with van der Waals surface area (Å²) in [6.07, 6.45) is 0.725. The van der Waals surface area contributed by atoms with Gasteiger partial charge in [-0.1, -0.05) is 64.0 Å². The lowest BCUT2D eigenvalue weighted by Gasteiger charge is -2.38. The first kappa shape index (κ1) is 32.8. The molecule has 4 atom stereocenters. The second kappa shape index (κ2) is 12.8. The summed E-state index contributed by atoms with van der Waals surface area (Å²) >= 11 is 1.60. The second-order valence-corrected chi connectivity index (χ2v) is 19.0. The molecular weight excluding hydrogens is 581 g/mol. The molecule has 0 aliphatic carbocycles. The smallest absolute Gasteiger partial charge is 0.243 e. The maximum atomic E-state index is 14.2. The number of benzene rings is 1. The molecule has 4 rings (SSSR count). The minimum Gasteiger partial charge on any atom is -0.412 e. The number of aryl methyl sites for hydroxylation is 1. The average molecular weight is 625 g/mol. The van der Waals surface area contributed by atoms with Crippen molar-refractivity contribution in [2.45, 2.75) is 97.1 Å². The average Bonchev–Trinajstić information content (AvgIpc) is 3.67. The molecule has 2 unspecified atom stereocenters. The van der Waals surface area contributed by atoms with Gasteiger partial charge in [-0.15, -0.1) is 11.3 Å². The second-order valence-electron chi connectivity index (χ2n) is 13.4. The van der Waals surface area contributed by atoms with Crippen LogP contribution < -0.4 is 5.32 Å². The zero-order valence-electron chi connectivity index (χ0n) is 26.6. The molecule has 9 nitrogen and oxygen atoms in total. The molecule has 2 amide bonds. The number of rotatable bonds is 10. The fraction of sp³-hybridized carbons (Fsp3) is 0.531. The number of amides is 2. The highest BCUT2D eigenvalue weighted by molar-refractivity contribution is 7.13. The van der Waals surface area contributed by atoms with Crippen LogP contribution in [-0.4, -0.2) is 60.1 Å². The molecule has 3 heterocycles. The topological polar surface area (TPSA) is 115 Å². The third-order valence-electron chi connectivity index (χ3n) is 8.80. The molecule has 1 N–H and O–H groups in total. The predicted octanol–water partition coefficient (Wildman–Crippen LogP) is 6.53. The SMILES string of the molecule is Cc1ncsc1-c1ccc([C@H](C)NC(=O)[C@@H]2CC(O[Si](C)(C)C(C)(C)C)CN2C(=O)C(c2cc(C=O)no2)C(C)C)cc1. The van der Waals surface area contributed by atoms with E-state index in [1.165, 1.54) is 6.07 Å². The third-order valence-corrected chi connectivity index (χ3v) is 14.3. The van der Waals surface area contributed by atoms with Crippen LogP contribution in [0.4, 0.5) is 0 Å². The fourth-order valence-electron chi connectivity index (χ4n) is 5.28. The van der Waals surface area contributed by atoms with E-state index in [1.807, 2.05) is 57.5 Å². The number of hydrogen-bond acceptors (Lipinski definition) is 8. The van der Waals surface area contributed by atoms with Crippen molar-refractivity contribution in [3.05, 3.63) is 58.6 Å². The van der Waals surface area contributed by atoms with Crippen molar-refractivity contribution in [1.29, 1.82) is 0 Å². The molecule has 1 aliphatic rings. The Balaban J connectivity index is 1.57. The molecule has 0 spiro atoms. The van der Waals surface area contributed by atoms with E-state index in [2.05, 4.69) is 49.3 Å². The number of carbonyl (C=O) groups is 3. The molecule has 1 aliphatic heterocycles. The first-order valence-electron chi connectivity index (χ1n) is 14.8.